The number of carbonyl (C=O) groups excluding carboxylic acids is 1. The van der Waals surface area contributed by atoms with Crippen molar-refractivity contribution in [3.63, 3.8) is 0 Å². The molecule has 18 heavy (non-hydrogen) atoms. The minimum atomic E-state index is -0.388. The molecule has 0 aromatic heterocycles. The predicted molar refractivity (Wildman–Crippen MR) is 68.3 cm³/mol. The number of benzene rings is 1. The molecule has 0 bridgehead atoms. The van der Waals surface area contributed by atoms with Gasteiger partial charge in [-0.2, -0.15) is 5.26 Å². The molecule has 1 N–H and O–H groups in total. The number of nitrogens with one attached hydrogen (secondary N) is 1. The molecule has 0 radical (unpaired) electrons. The van der Waals surface area contributed by atoms with Gasteiger partial charge in [0.05, 0.1) is 29.5 Å². The van der Waals surface area contributed by atoms with E-state index in [-0.39, 0.29) is 12.0 Å². The smallest absolute Gasteiger partial charge is 0.328 e. The molecule has 1 saturated carbocycles. The Bertz CT molecular complexity index is 506. The Hall–Kier alpha value is -1.73. The molecule has 1 fully saturated rings. The molecule has 4 nitrogen and oxygen atoms in total. The quantitative estimate of drug-likeness (QED) is 0.849. The first-order valence-electron chi connectivity index (χ1n) is 5.69. The Morgan fingerprint density at radius 1 is 1.61 bits per heavy atom. The number of hydrogen-bond donors (Lipinski definition) is 1. The molecule has 1 aromatic carbocycles. The highest BCUT2D eigenvalue weighted by atomic mass is 35.5. The summed E-state index contributed by atoms with van der Waals surface area (Å²) in [7, 11) is 1.37. The van der Waals surface area contributed by atoms with Crippen LogP contribution in [0.25, 0.3) is 0 Å². The third-order valence-electron chi connectivity index (χ3n) is 2.95. The molecule has 1 unspecified atom stereocenters. The van der Waals surface area contributed by atoms with Gasteiger partial charge in [0.2, 0.25) is 0 Å². The van der Waals surface area contributed by atoms with Crippen molar-refractivity contribution >= 4 is 23.3 Å². The van der Waals surface area contributed by atoms with Crippen LogP contribution in [0.15, 0.2) is 18.2 Å². The van der Waals surface area contributed by atoms with Gasteiger partial charge in [-0.25, -0.2) is 4.79 Å². The number of rotatable bonds is 4. The zero-order valence-corrected chi connectivity index (χ0v) is 10.7. The Labute approximate surface area is 111 Å². The summed E-state index contributed by atoms with van der Waals surface area (Å²) in [4.78, 5) is 11.7. The van der Waals surface area contributed by atoms with Gasteiger partial charge in [-0.1, -0.05) is 11.6 Å². The Kier molecular flexibility index (Phi) is 3.73. The van der Waals surface area contributed by atoms with Gasteiger partial charge >= 0.3 is 5.97 Å². The van der Waals surface area contributed by atoms with E-state index in [2.05, 4.69) is 5.32 Å². The molecule has 0 aliphatic heterocycles. The standard InChI is InChI=1S/C13H13ClN2O2/c1-18-13(17)12(9-3-4-9)16-11-6-8(7-15)2-5-10(11)14/h2,5-6,9,12,16H,3-4H2,1H3. The van der Waals surface area contributed by atoms with Crippen molar-refractivity contribution in [1.29, 1.82) is 5.26 Å². The van der Waals surface area contributed by atoms with Gasteiger partial charge in [-0.05, 0) is 37.0 Å². The summed E-state index contributed by atoms with van der Waals surface area (Å²) in [6.45, 7) is 0. The Morgan fingerprint density at radius 3 is 2.89 bits per heavy atom. The summed E-state index contributed by atoms with van der Waals surface area (Å²) in [5.74, 6) is -0.00446. The molecule has 0 saturated heterocycles. The molecule has 0 amide bonds. The topological polar surface area (TPSA) is 62.1 Å². The first-order valence-corrected chi connectivity index (χ1v) is 6.07. The summed E-state index contributed by atoms with van der Waals surface area (Å²) in [6, 6.07) is 6.57. The average Bonchev–Trinajstić information content (AvgIpc) is 3.21. The van der Waals surface area contributed by atoms with E-state index in [1.54, 1.807) is 18.2 Å². The Morgan fingerprint density at radius 2 is 2.33 bits per heavy atom. The van der Waals surface area contributed by atoms with E-state index in [1.165, 1.54) is 7.11 Å². The number of ether oxygens (including phenoxy) is 1. The van der Waals surface area contributed by atoms with E-state index in [1.807, 2.05) is 6.07 Å². The van der Waals surface area contributed by atoms with Gasteiger partial charge in [0.1, 0.15) is 6.04 Å². The molecule has 0 heterocycles. The lowest BCUT2D eigenvalue weighted by atomic mass is 10.1. The van der Waals surface area contributed by atoms with Gasteiger partial charge in [-0.3, -0.25) is 0 Å². The number of methoxy groups -OCH3 is 1. The first-order chi connectivity index (χ1) is 8.65. The predicted octanol–water partition coefficient (Wildman–Crippen LogP) is 2.58. The number of nitrogens with zero attached hydrogens (tertiary/aromatic N) is 1. The third kappa shape index (κ3) is 2.74. The number of anilines is 1. The van der Waals surface area contributed by atoms with E-state index in [4.69, 9.17) is 21.6 Å². The lowest BCUT2D eigenvalue weighted by Gasteiger charge is -2.18. The second-order valence-corrected chi connectivity index (χ2v) is 4.70. The highest BCUT2D eigenvalue weighted by Gasteiger charge is 2.37. The molecule has 2 rings (SSSR count). The van der Waals surface area contributed by atoms with Crippen LogP contribution in [0.4, 0.5) is 5.69 Å². The average molecular weight is 265 g/mol. The molecule has 1 aliphatic rings. The maximum absolute atomic E-state index is 11.7. The van der Waals surface area contributed by atoms with Crippen molar-refractivity contribution in [3.8, 4) is 6.07 Å². The maximum atomic E-state index is 11.7. The number of halogens is 1. The van der Waals surface area contributed by atoms with Crippen LogP contribution in [0.3, 0.4) is 0 Å². The van der Waals surface area contributed by atoms with Crippen molar-refractivity contribution in [2.24, 2.45) is 5.92 Å². The zero-order valence-electron chi connectivity index (χ0n) is 9.94. The van der Waals surface area contributed by atoms with Gasteiger partial charge in [-0.15, -0.1) is 0 Å². The summed E-state index contributed by atoms with van der Waals surface area (Å²) < 4.78 is 4.77. The molecular formula is C13H13ClN2O2. The largest absolute Gasteiger partial charge is 0.467 e. The van der Waals surface area contributed by atoms with Crippen molar-refractivity contribution in [2.75, 3.05) is 12.4 Å². The van der Waals surface area contributed by atoms with Crippen LogP contribution in [0.1, 0.15) is 18.4 Å². The van der Waals surface area contributed by atoms with E-state index in [0.717, 1.165) is 12.8 Å². The fourth-order valence-electron chi connectivity index (χ4n) is 1.80. The fraction of sp³-hybridized carbons (Fsp3) is 0.385. The highest BCUT2D eigenvalue weighted by molar-refractivity contribution is 6.33. The summed E-state index contributed by atoms with van der Waals surface area (Å²) >= 11 is 6.05. The van der Waals surface area contributed by atoms with Crippen LogP contribution in [0.5, 0.6) is 0 Å². The van der Waals surface area contributed by atoms with Crippen molar-refractivity contribution in [2.45, 2.75) is 18.9 Å². The number of hydrogen-bond acceptors (Lipinski definition) is 4. The van der Waals surface area contributed by atoms with Crippen molar-refractivity contribution in [3.05, 3.63) is 28.8 Å². The maximum Gasteiger partial charge on any atom is 0.328 e. The van der Waals surface area contributed by atoms with Crippen LogP contribution in [0.2, 0.25) is 5.02 Å². The van der Waals surface area contributed by atoms with Gasteiger partial charge in [0.15, 0.2) is 0 Å². The van der Waals surface area contributed by atoms with Crippen LogP contribution in [0, 0.1) is 17.2 Å². The minimum Gasteiger partial charge on any atom is -0.467 e. The number of nitriles is 1. The van der Waals surface area contributed by atoms with E-state index < -0.39 is 0 Å². The second kappa shape index (κ2) is 5.28. The minimum absolute atomic E-state index is 0.291. The summed E-state index contributed by atoms with van der Waals surface area (Å²) in [5, 5.41) is 12.4. The monoisotopic (exact) mass is 264 g/mol. The first kappa shape index (κ1) is 12.7. The fourth-order valence-corrected chi connectivity index (χ4v) is 1.97. The Balaban J connectivity index is 2.21. The van der Waals surface area contributed by atoms with Crippen molar-refractivity contribution < 1.29 is 9.53 Å². The summed E-state index contributed by atoms with van der Waals surface area (Å²) in [5.41, 5.74) is 1.10. The van der Waals surface area contributed by atoms with Crippen molar-refractivity contribution in [1.82, 2.24) is 0 Å². The number of carbonyl (C=O) groups is 1. The molecule has 1 atom stereocenters. The number of esters is 1. The van der Waals surface area contributed by atoms with Crippen LogP contribution in [-0.2, 0) is 9.53 Å². The SMILES string of the molecule is COC(=O)C(Nc1cc(C#N)ccc1Cl)C1CC1. The lowest BCUT2D eigenvalue weighted by Crippen LogP contribution is -2.32. The van der Waals surface area contributed by atoms with Crippen LogP contribution in [-0.4, -0.2) is 19.1 Å². The zero-order chi connectivity index (χ0) is 13.1. The summed E-state index contributed by atoms with van der Waals surface area (Å²) in [6.07, 6.45) is 2.00. The molecular weight excluding hydrogens is 252 g/mol. The van der Waals surface area contributed by atoms with Gasteiger partial charge < -0.3 is 10.1 Å². The third-order valence-corrected chi connectivity index (χ3v) is 3.28. The van der Waals surface area contributed by atoms with Gasteiger partial charge in [0, 0.05) is 0 Å². The van der Waals surface area contributed by atoms with E-state index in [0.29, 0.717) is 22.2 Å². The molecule has 0 spiro atoms. The lowest BCUT2D eigenvalue weighted by molar-refractivity contribution is -0.142. The van der Waals surface area contributed by atoms with E-state index >= 15 is 0 Å². The second-order valence-electron chi connectivity index (χ2n) is 4.29. The molecule has 94 valence electrons. The highest BCUT2D eigenvalue weighted by Crippen LogP contribution is 2.36. The van der Waals surface area contributed by atoms with Gasteiger partial charge in [0.25, 0.3) is 0 Å². The van der Waals surface area contributed by atoms with Crippen LogP contribution < -0.4 is 5.32 Å². The molecule has 5 heteroatoms. The molecule has 1 aromatic rings. The van der Waals surface area contributed by atoms with E-state index in [9.17, 15) is 4.79 Å². The van der Waals surface area contributed by atoms with Crippen LogP contribution >= 0.6 is 11.6 Å². The molecule has 1 aliphatic carbocycles. The normalized spacial score (nSPS) is 15.6.